The van der Waals surface area contributed by atoms with E-state index in [1.807, 2.05) is 31.2 Å². The van der Waals surface area contributed by atoms with Gasteiger partial charge < -0.3 is 15.0 Å². The van der Waals surface area contributed by atoms with Crippen molar-refractivity contribution in [2.45, 2.75) is 63.9 Å². The molecular formula is C32H41N3O5S. The molecule has 8 nitrogen and oxygen atoms in total. The maximum atomic E-state index is 14.0. The molecule has 1 atom stereocenters. The number of unbranched alkanes of at least 4 members (excludes halogenated alkanes) is 1. The average molecular weight is 580 g/mol. The maximum Gasteiger partial charge on any atom is 0.264 e. The van der Waals surface area contributed by atoms with Crippen LogP contribution in [0.5, 0.6) is 5.75 Å². The predicted octanol–water partition coefficient (Wildman–Crippen LogP) is 5.35. The molecule has 2 amide bonds. The van der Waals surface area contributed by atoms with Gasteiger partial charge in [-0.2, -0.15) is 0 Å². The number of sulfonamides is 1. The molecule has 0 aliphatic carbocycles. The molecule has 1 N–H and O–H groups in total. The number of carbonyl (C=O) groups is 2. The van der Waals surface area contributed by atoms with Crippen molar-refractivity contribution in [3.8, 4) is 5.75 Å². The Labute approximate surface area is 244 Å². The molecule has 41 heavy (non-hydrogen) atoms. The monoisotopic (exact) mass is 579 g/mol. The van der Waals surface area contributed by atoms with Crippen LogP contribution in [0.25, 0.3) is 0 Å². The van der Waals surface area contributed by atoms with Gasteiger partial charge in [-0.15, -0.1) is 0 Å². The van der Waals surface area contributed by atoms with E-state index in [4.69, 9.17) is 4.74 Å². The fourth-order valence-electron chi connectivity index (χ4n) is 4.36. The normalized spacial score (nSPS) is 12.0. The first-order valence-electron chi connectivity index (χ1n) is 14.0. The number of amides is 2. The Morgan fingerprint density at radius 3 is 2.22 bits per heavy atom. The van der Waals surface area contributed by atoms with Gasteiger partial charge in [0.1, 0.15) is 18.3 Å². The molecule has 3 rings (SSSR count). The van der Waals surface area contributed by atoms with Gasteiger partial charge in [-0.25, -0.2) is 8.42 Å². The number of nitrogens with zero attached hydrogens (tertiary/aromatic N) is 2. The van der Waals surface area contributed by atoms with Gasteiger partial charge in [-0.1, -0.05) is 69.7 Å². The van der Waals surface area contributed by atoms with Gasteiger partial charge in [-0.05, 0) is 66.8 Å². The highest BCUT2D eigenvalue weighted by molar-refractivity contribution is 7.92. The summed E-state index contributed by atoms with van der Waals surface area (Å²) in [6, 6.07) is 21.6. The summed E-state index contributed by atoms with van der Waals surface area (Å²) in [5.41, 5.74) is 2.17. The molecule has 3 aromatic rings. The van der Waals surface area contributed by atoms with Crippen molar-refractivity contribution in [2.24, 2.45) is 0 Å². The lowest BCUT2D eigenvalue weighted by atomic mass is 10.0. The van der Waals surface area contributed by atoms with E-state index >= 15 is 0 Å². The Kier molecular flexibility index (Phi) is 11.3. The molecule has 0 aliphatic rings. The van der Waals surface area contributed by atoms with E-state index < -0.39 is 28.5 Å². The maximum absolute atomic E-state index is 14.0. The van der Waals surface area contributed by atoms with Gasteiger partial charge in [0, 0.05) is 13.1 Å². The van der Waals surface area contributed by atoms with E-state index in [1.54, 1.807) is 56.5 Å². The van der Waals surface area contributed by atoms with E-state index in [1.165, 1.54) is 17.0 Å². The fourth-order valence-corrected chi connectivity index (χ4v) is 5.80. The lowest BCUT2D eigenvalue weighted by Crippen LogP contribution is -2.51. The summed E-state index contributed by atoms with van der Waals surface area (Å²) in [5, 5.41) is 2.90. The lowest BCUT2D eigenvalue weighted by molar-refractivity contribution is -0.139. The molecule has 220 valence electrons. The highest BCUT2D eigenvalue weighted by Gasteiger charge is 2.32. The number of methoxy groups -OCH3 is 1. The standard InChI is InChI=1S/C32H41N3O5S/c1-6-7-20-33-32(37)25(4)34(22-26-12-11-13-29(21-26)40-5)31(36)23-35(28-18-16-27(17-19-28)24(2)3)41(38,39)30-14-9-8-10-15-30/h8-19,21,24-25H,6-7,20,22-23H2,1-5H3,(H,33,37)/t25-/m1/s1. The van der Waals surface area contributed by atoms with Crippen LogP contribution < -0.4 is 14.4 Å². The van der Waals surface area contributed by atoms with Crippen LogP contribution in [0.4, 0.5) is 5.69 Å². The zero-order valence-corrected chi connectivity index (χ0v) is 25.4. The number of hydrogen-bond acceptors (Lipinski definition) is 5. The van der Waals surface area contributed by atoms with Crippen molar-refractivity contribution in [2.75, 3.05) is 24.5 Å². The Balaban J connectivity index is 2.01. The van der Waals surface area contributed by atoms with E-state index in [0.717, 1.165) is 28.3 Å². The van der Waals surface area contributed by atoms with Gasteiger partial charge in [0.15, 0.2) is 0 Å². The molecule has 0 bridgehead atoms. The minimum absolute atomic E-state index is 0.0745. The summed E-state index contributed by atoms with van der Waals surface area (Å²) in [6.45, 7) is 7.92. The lowest BCUT2D eigenvalue weighted by Gasteiger charge is -2.32. The van der Waals surface area contributed by atoms with Crippen molar-refractivity contribution in [3.05, 3.63) is 90.0 Å². The number of anilines is 1. The van der Waals surface area contributed by atoms with E-state index in [-0.39, 0.29) is 23.3 Å². The molecule has 9 heteroatoms. The van der Waals surface area contributed by atoms with Crippen LogP contribution in [-0.2, 0) is 26.2 Å². The molecule has 0 fully saturated rings. The van der Waals surface area contributed by atoms with Crippen molar-refractivity contribution in [3.63, 3.8) is 0 Å². The van der Waals surface area contributed by atoms with E-state index in [2.05, 4.69) is 19.2 Å². The van der Waals surface area contributed by atoms with Crippen molar-refractivity contribution >= 4 is 27.5 Å². The average Bonchev–Trinajstić information content (AvgIpc) is 2.98. The molecule has 0 aliphatic heterocycles. The molecule has 0 unspecified atom stereocenters. The van der Waals surface area contributed by atoms with Crippen LogP contribution in [0.15, 0.2) is 83.8 Å². The largest absolute Gasteiger partial charge is 0.497 e. The number of rotatable bonds is 14. The number of hydrogen-bond donors (Lipinski definition) is 1. The van der Waals surface area contributed by atoms with E-state index in [9.17, 15) is 18.0 Å². The summed E-state index contributed by atoms with van der Waals surface area (Å²) in [7, 11) is -2.54. The van der Waals surface area contributed by atoms with Crippen LogP contribution in [0.2, 0.25) is 0 Å². The van der Waals surface area contributed by atoms with Crippen LogP contribution in [-0.4, -0.2) is 51.4 Å². The predicted molar refractivity (Wildman–Crippen MR) is 162 cm³/mol. The molecule has 0 spiro atoms. The first-order valence-corrected chi connectivity index (χ1v) is 15.4. The van der Waals surface area contributed by atoms with Crippen LogP contribution >= 0.6 is 0 Å². The first-order chi connectivity index (χ1) is 19.6. The van der Waals surface area contributed by atoms with Crippen molar-refractivity contribution in [1.29, 1.82) is 0 Å². The number of benzene rings is 3. The second-order valence-electron chi connectivity index (χ2n) is 10.3. The summed E-state index contributed by atoms with van der Waals surface area (Å²) >= 11 is 0. The fraction of sp³-hybridized carbons (Fsp3) is 0.375. The summed E-state index contributed by atoms with van der Waals surface area (Å²) < 4.78 is 34.2. The van der Waals surface area contributed by atoms with Gasteiger partial charge >= 0.3 is 0 Å². The molecule has 0 heterocycles. The Bertz CT molecular complexity index is 1390. The second kappa shape index (κ2) is 14.7. The number of carbonyl (C=O) groups excluding carboxylic acids is 2. The molecule has 0 radical (unpaired) electrons. The van der Waals surface area contributed by atoms with Crippen LogP contribution in [0, 0.1) is 0 Å². The van der Waals surface area contributed by atoms with Crippen molar-refractivity contribution < 1.29 is 22.7 Å². The SMILES string of the molecule is CCCCNC(=O)[C@@H](C)N(Cc1cccc(OC)c1)C(=O)CN(c1ccc(C(C)C)cc1)S(=O)(=O)c1ccccc1. The zero-order valence-electron chi connectivity index (χ0n) is 24.5. The third kappa shape index (κ3) is 8.33. The van der Waals surface area contributed by atoms with Crippen molar-refractivity contribution in [1.82, 2.24) is 10.2 Å². The summed E-state index contributed by atoms with van der Waals surface area (Å²) in [5.74, 6) is 0.0793. The zero-order chi connectivity index (χ0) is 30.0. The highest BCUT2D eigenvalue weighted by atomic mass is 32.2. The first kappa shape index (κ1) is 31.7. The minimum Gasteiger partial charge on any atom is -0.497 e. The smallest absolute Gasteiger partial charge is 0.264 e. The summed E-state index contributed by atoms with van der Waals surface area (Å²) in [4.78, 5) is 28.6. The minimum atomic E-state index is -4.10. The van der Waals surface area contributed by atoms with Crippen LogP contribution in [0.3, 0.4) is 0 Å². The van der Waals surface area contributed by atoms with Gasteiger partial charge in [-0.3, -0.25) is 13.9 Å². The summed E-state index contributed by atoms with van der Waals surface area (Å²) in [6.07, 6.45) is 1.74. The number of ether oxygens (including phenoxy) is 1. The Hall–Kier alpha value is -3.85. The molecule has 3 aromatic carbocycles. The quantitative estimate of drug-likeness (QED) is 0.260. The Morgan fingerprint density at radius 2 is 1.61 bits per heavy atom. The van der Waals surface area contributed by atoms with Gasteiger partial charge in [0.05, 0.1) is 17.7 Å². The van der Waals surface area contributed by atoms with E-state index in [0.29, 0.717) is 18.0 Å². The number of nitrogens with one attached hydrogen (secondary N) is 1. The highest BCUT2D eigenvalue weighted by Crippen LogP contribution is 2.27. The molecule has 0 saturated heterocycles. The third-order valence-corrected chi connectivity index (χ3v) is 8.73. The topological polar surface area (TPSA) is 96.0 Å². The second-order valence-corrected chi connectivity index (χ2v) is 12.1. The molecule has 0 aromatic heterocycles. The van der Waals surface area contributed by atoms with Gasteiger partial charge in [0.2, 0.25) is 11.8 Å². The third-order valence-electron chi connectivity index (χ3n) is 6.94. The molecular weight excluding hydrogens is 538 g/mol. The molecule has 0 saturated carbocycles. The Morgan fingerprint density at radius 1 is 0.927 bits per heavy atom. The van der Waals surface area contributed by atoms with Gasteiger partial charge in [0.25, 0.3) is 10.0 Å². The van der Waals surface area contributed by atoms with Crippen LogP contribution in [0.1, 0.15) is 57.6 Å².